The number of anilines is 3. The topological polar surface area (TPSA) is 106 Å². The van der Waals surface area contributed by atoms with Crippen molar-refractivity contribution in [3.8, 4) is 6.07 Å². The van der Waals surface area contributed by atoms with Gasteiger partial charge in [-0.2, -0.15) is 5.26 Å². The lowest BCUT2D eigenvalue weighted by atomic mass is 10.1. The fourth-order valence-corrected chi connectivity index (χ4v) is 4.33. The van der Waals surface area contributed by atoms with Gasteiger partial charge in [0.05, 0.1) is 23.1 Å². The molecule has 148 valence electrons. The van der Waals surface area contributed by atoms with Crippen molar-refractivity contribution in [3.05, 3.63) is 47.5 Å². The lowest BCUT2D eigenvalue weighted by molar-refractivity contribution is -0.117. The van der Waals surface area contributed by atoms with Gasteiger partial charge in [-0.1, -0.05) is 12.1 Å². The smallest absolute Gasteiger partial charge is 0.244 e. The van der Waals surface area contributed by atoms with Gasteiger partial charge in [0.1, 0.15) is 17.5 Å². The van der Waals surface area contributed by atoms with Crippen molar-refractivity contribution in [1.82, 2.24) is 15.3 Å². The normalized spacial score (nSPS) is 19.3. The third-order valence-electron chi connectivity index (χ3n) is 4.86. The van der Waals surface area contributed by atoms with E-state index in [-0.39, 0.29) is 17.9 Å². The minimum atomic E-state index is -0.260. The Bertz CT molecular complexity index is 1020. The third kappa shape index (κ3) is 3.64. The van der Waals surface area contributed by atoms with Gasteiger partial charge in [0.25, 0.3) is 0 Å². The highest BCUT2D eigenvalue weighted by Gasteiger charge is 2.28. The fraction of sp³-hybridized carbons (Fsp3) is 0.300. The van der Waals surface area contributed by atoms with E-state index >= 15 is 0 Å². The van der Waals surface area contributed by atoms with Crippen molar-refractivity contribution in [2.45, 2.75) is 19.9 Å². The van der Waals surface area contributed by atoms with Crippen molar-refractivity contribution < 1.29 is 4.79 Å². The van der Waals surface area contributed by atoms with Gasteiger partial charge < -0.3 is 10.2 Å². The zero-order valence-corrected chi connectivity index (χ0v) is 17.0. The number of nitriles is 1. The first-order valence-electron chi connectivity index (χ1n) is 9.36. The van der Waals surface area contributed by atoms with Gasteiger partial charge in [-0.25, -0.2) is 9.97 Å². The molecule has 4 rings (SSSR count). The molecule has 2 aromatic rings. The number of carbonyl (C=O) groups excluding carboxylic acids is 1. The molecule has 2 aliphatic heterocycles. The molecule has 9 heteroatoms. The first-order valence-corrected chi connectivity index (χ1v) is 10.5. The molecule has 0 bridgehead atoms. The molecule has 1 saturated heterocycles. The van der Waals surface area contributed by atoms with Crippen LogP contribution in [0.1, 0.15) is 18.2 Å². The maximum Gasteiger partial charge on any atom is 0.244 e. The summed E-state index contributed by atoms with van der Waals surface area (Å²) < 4.78 is 0. The number of hydrogen-bond acceptors (Lipinski definition) is 8. The van der Waals surface area contributed by atoms with Crippen LogP contribution in [-0.4, -0.2) is 40.1 Å². The molecule has 1 amide bonds. The van der Waals surface area contributed by atoms with E-state index < -0.39 is 0 Å². The predicted molar refractivity (Wildman–Crippen MR) is 115 cm³/mol. The first-order chi connectivity index (χ1) is 14.1. The standard InChI is InChI=1S/C20H21N7OS/c1-3-27-16-7-5-4-6-14(16)24-18(27)13(8-21)17-12(2)9-22-20(25-17)26-19(28)15-10-29-11-23-15/h4-7,9,15,23-24H,3,10-11H2,1-2H3,(H,22,25,26,28)/b18-13+. The first kappa shape index (κ1) is 19.2. The second kappa shape index (κ2) is 8.11. The summed E-state index contributed by atoms with van der Waals surface area (Å²) in [5.74, 6) is 2.18. The number of carbonyl (C=O) groups is 1. The number of benzene rings is 1. The summed E-state index contributed by atoms with van der Waals surface area (Å²) in [6.45, 7) is 4.58. The van der Waals surface area contributed by atoms with E-state index in [2.05, 4.69) is 32.0 Å². The van der Waals surface area contributed by atoms with Gasteiger partial charge in [0.2, 0.25) is 11.9 Å². The Hall–Kier alpha value is -3.09. The number of allylic oxidation sites excluding steroid dienone is 1. The number of para-hydroxylation sites is 2. The number of rotatable bonds is 4. The molecule has 1 fully saturated rings. The van der Waals surface area contributed by atoms with E-state index in [0.717, 1.165) is 22.8 Å². The van der Waals surface area contributed by atoms with E-state index in [1.807, 2.05) is 43.0 Å². The number of thioether (sulfide) groups is 1. The van der Waals surface area contributed by atoms with Crippen LogP contribution in [-0.2, 0) is 4.79 Å². The molecule has 0 radical (unpaired) electrons. The van der Waals surface area contributed by atoms with E-state index in [9.17, 15) is 10.1 Å². The molecule has 1 atom stereocenters. The number of nitrogens with one attached hydrogen (secondary N) is 3. The van der Waals surface area contributed by atoms with Gasteiger partial charge in [-0.3, -0.25) is 15.4 Å². The predicted octanol–water partition coefficient (Wildman–Crippen LogP) is 2.53. The molecule has 8 nitrogen and oxygen atoms in total. The van der Waals surface area contributed by atoms with E-state index in [1.165, 1.54) is 0 Å². The van der Waals surface area contributed by atoms with Crippen LogP contribution in [0.2, 0.25) is 0 Å². The van der Waals surface area contributed by atoms with Crippen LogP contribution in [0.25, 0.3) is 5.57 Å². The molecular formula is C20H21N7OS. The molecule has 1 aromatic heterocycles. The lowest BCUT2D eigenvalue weighted by Gasteiger charge is -2.19. The molecule has 0 saturated carbocycles. The monoisotopic (exact) mass is 407 g/mol. The van der Waals surface area contributed by atoms with Crippen molar-refractivity contribution in [2.24, 2.45) is 0 Å². The van der Waals surface area contributed by atoms with E-state index in [1.54, 1.807) is 18.0 Å². The second-order valence-corrected chi connectivity index (χ2v) is 7.74. The summed E-state index contributed by atoms with van der Waals surface area (Å²) in [6, 6.07) is 9.94. The van der Waals surface area contributed by atoms with Crippen LogP contribution in [0.3, 0.4) is 0 Å². The summed E-state index contributed by atoms with van der Waals surface area (Å²) in [4.78, 5) is 23.2. The van der Waals surface area contributed by atoms with Gasteiger partial charge in [0, 0.05) is 24.4 Å². The molecule has 1 unspecified atom stereocenters. The third-order valence-corrected chi connectivity index (χ3v) is 5.80. The number of nitrogens with zero attached hydrogens (tertiary/aromatic N) is 4. The maximum atomic E-state index is 12.4. The quantitative estimate of drug-likeness (QED) is 0.664. The summed E-state index contributed by atoms with van der Waals surface area (Å²) >= 11 is 1.67. The van der Waals surface area contributed by atoms with Crippen LogP contribution in [0.4, 0.5) is 17.3 Å². The average Bonchev–Trinajstić information content (AvgIpc) is 3.38. The SMILES string of the molecule is CCN1/C(=C(\C#N)c2nc(NC(=O)C3CSCN3)ncc2C)Nc2ccccc21. The molecule has 29 heavy (non-hydrogen) atoms. The van der Waals surface area contributed by atoms with Crippen molar-refractivity contribution >= 4 is 40.6 Å². The Morgan fingerprint density at radius 2 is 2.28 bits per heavy atom. The maximum absolute atomic E-state index is 12.4. The zero-order valence-electron chi connectivity index (χ0n) is 16.2. The number of aryl methyl sites for hydroxylation is 1. The number of fused-ring (bicyclic) bond motifs is 1. The number of hydrogen-bond donors (Lipinski definition) is 3. The van der Waals surface area contributed by atoms with Crippen LogP contribution < -0.4 is 20.9 Å². The molecule has 0 spiro atoms. The Morgan fingerprint density at radius 3 is 3.00 bits per heavy atom. The highest BCUT2D eigenvalue weighted by Crippen LogP contribution is 2.38. The molecule has 3 N–H and O–H groups in total. The molecule has 1 aromatic carbocycles. The number of amides is 1. The van der Waals surface area contributed by atoms with Gasteiger partial charge in [-0.05, 0) is 31.5 Å². The summed E-state index contributed by atoms with van der Waals surface area (Å²) in [6.07, 6.45) is 1.63. The summed E-state index contributed by atoms with van der Waals surface area (Å²) in [5, 5.41) is 19.2. The fourth-order valence-electron chi connectivity index (χ4n) is 3.39. The highest BCUT2D eigenvalue weighted by atomic mass is 32.2. The van der Waals surface area contributed by atoms with Crippen LogP contribution in [0.5, 0.6) is 0 Å². The lowest BCUT2D eigenvalue weighted by Crippen LogP contribution is -2.38. The van der Waals surface area contributed by atoms with Crippen LogP contribution in [0.15, 0.2) is 36.3 Å². The Kier molecular flexibility index (Phi) is 5.38. The minimum Gasteiger partial charge on any atom is -0.339 e. The van der Waals surface area contributed by atoms with Gasteiger partial charge >= 0.3 is 0 Å². The largest absolute Gasteiger partial charge is 0.339 e. The average molecular weight is 408 g/mol. The second-order valence-electron chi connectivity index (χ2n) is 6.71. The molecule has 2 aliphatic rings. The van der Waals surface area contributed by atoms with Crippen molar-refractivity contribution in [3.63, 3.8) is 0 Å². The number of aromatic nitrogens is 2. The highest BCUT2D eigenvalue weighted by molar-refractivity contribution is 7.99. The van der Waals surface area contributed by atoms with Crippen molar-refractivity contribution in [1.29, 1.82) is 5.26 Å². The Labute approximate surface area is 173 Å². The minimum absolute atomic E-state index is 0.169. The van der Waals surface area contributed by atoms with Crippen molar-refractivity contribution in [2.75, 3.05) is 33.7 Å². The van der Waals surface area contributed by atoms with Gasteiger partial charge in [0.15, 0.2) is 0 Å². The molecular weight excluding hydrogens is 386 g/mol. The van der Waals surface area contributed by atoms with E-state index in [4.69, 9.17) is 0 Å². The molecule has 0 aliphatic carbocycles. The molecule has 3 heterocycles. The van der Waals surface area contributed by atoms with Gasteiger partial charge in [-0.15, -0.1) is 11.8 Å². The zero-order chi connectivity index (χ0) is 20.4. The van der Waals surface area contributed by atoms with Crippen LogP contribution in [0, 0.1) is 18.3 Å². The summed E-state index contributed by atoms with van der Waals surface area (Å²) in [7, 11) is 0. The van der Waals surface area contributed by atoms with Crippen LogP contribution >= 0.6 is 11.8 Å². The Balaban J connectivity index is 1.70. The summed E-state index contributed by atoms with van der Waals surface area (Å²) in [5.41, 5.74) is 3.63. The Morgan fingerprint density at radius 1 is 1.45 bits per heavy atom. The van der Waals surface area contributed by atoms with E-state index in [0.29, 0.717) is 29.4 Å².